The van der Waals surface area contributed by atoms with E-state index >= 15 is 0 Å². The molecule has 0 atom stereocenters. The number of benzene rings is 1. The number of carbonyl (C=O) groups is 1. The zero-order chi connectivity index (χ0) is 11.0. The average molecular weight is 210 g/mol. The topological polar surface area (TPSA) is 37.3 Å². The smallest absolute Gasteiger partial charge is 0.328 e. The van der Waals surface area contributed by atoms with Gasteiger partial charge in [-0.3, -0.25) is 0 Å². The first-order valence-electron chi connectivity index (χ1n) is 4.49. The molecule has 0 radical (unpaired) electrons. The summed E-state index contributed by atoms with van der Waals surface area (Å²) in [5.74, 6) is -2.37. The lowest BCUT2D eigenvalue weighted by Crippen LogP contribution is -1.92. The van der Waals surface area contributed by atoms with E-state index in [2.05, 4.69) is 0 Å². The highest BCUT2D eigenvalue weighted by Gasteiger charge is 2.21. The maximum atomic E-state index is 13.2. The van der Waals surface area contributed by atoms with Crippen molar-refractivity contribution in [3.8, 4) is 0 Å². The first-order valence-corrected chi connectivity index (χ1v) is 4.49. The Balaban J connectivity index is 2.55. The molecule has 4 heteroatoms. The van der Waals surface area contributed by atoms with Crippen molar-refractivity contribution in [1.82, 2.24) is 0 Å². The molecule has 1 aromatic rings. The second-order valence-corrected chi connectivity index (χ2v) is 3.42. The van der Waals surface area contributed by atoms with Gasteiger partial charge in [-0.05, 0) is 35.6 Å². The molecule has 0 fully saturated rings. The molecule has 0 saturated carbocycles. The lowest BCUT2D eigenvalue weighted by Gasteiger charge is -2.01. The summed E-state index contributed by atoms with van der Waals surface area (Å²) in [6.45, 7) is 0. The molecule has 15 heavy (non-hydrogen) atoms. The molecule has 1 N–H and O–H groups in total. The van der Waals surface area contributed by atoms with E-state index in [9.17, 15) is 13.6 Å². The van der Waals surface area contributed by atoms with E-state index < -0.39 is 17.6 Å². The molecule has 0 heterocycles. The van der Waals surface area contributed by atoms with Gasteiger partial charge in [-0.1, -0.05) is 0 Å². The van der Waals surface area contributed by atoms with Gasteiger partial charge in [0.1, 0.15) is 11.6 Å². The van der Waals surface area contributed by atoms with Crippen molar-refractivity contribution >= 4 is 11.5 Å². The van der Waals surface area contributed by atoms with Crippen LogP contribution < -0.4 is 0 Å². The fourth-order valence-corrected chi connectivity index (χ4v) is 1.84. The van der Waals surface area contributed by atoms with Crippen LogP contribution in [0.3, 0.4) is 0 Å². The SMILES string of the molecule is O=C(O)/C=C1\CCc2c(F)cc(F)cc21. The van der Waals surface area contributed by atoms with Crippen molar-refractivity contribution in [2.45, 2.75) is 12.8 Å². The number of halogens is 2. The highest BCUT2D eigenvalue weighted by molar-refractivity contribution is 5.91. The van der Waals surface area contributed by atoms with Crippen LogP contribution in [0.25, 0.3) is 5.57 Å². The van der Waals surface area contributed by atoms with E-state index in [-0.39, 0.29) is 0 Å². The van der Waals surface area contributed by atoms with Gasteiger partial charge in [-0.2, -0.15) is 0 Å². The molecule has 0 bridgehead atoms. The van der Waals surface area contributed by atoms with Crippen LogP contribution in [0.4, 0.5) is 8.78 Å². The van der Waals surface area contributed by atoms with Crippen LogP contribution in [0.5, 0.6) is 0 Å². The normalized spacial score (nSPS) is 16.8. The van der Waals surface area contributed by atoms with Crippen LogP contribution in [-0.2, 0) is 11.2 Å². The molecule has 2 nitrogen and oxygen atoms in total. The van der Waals surface area contributed by atoms with Crippen molar-refractivity contribution < 1.29 is 18.7 Å². The van der Waals surface area contributed by atoms with Crippen molar-refractivity contribution in [2.24, 2.45) is 0 Å². The number of allylic oxidation sites excluding steroid dienone is 1. The molecular formula is C11H8F2O2. The molecule has 0 amide bonds. The molecule has 0 spiro atoms. The van der Waals surface area contributed by atoms with Crippen LogP contribution in [0.1, 0.15) is 17.5 Å². The third kappa shape index (κ3) is 1.75. The molecule has 0 aromatic heterocycles. The summed E-state index contributed by atoms with van der Waals surface area (Å²) in [5, 5.41) is 8.57. The predicted octanol–water partition coefficient (Wildman–Crippen LogP) is 2.38. The zero-order valence-electron chi connectivity index (χ0n) is 7.76. The Labute approximate surface area is 84.8 Å². The van der Waals surface area contributed by atoms with Crippen LogP contribution in [0, 0.1) is 11.6 Å². The molecule has 2 rings (SSSR count). The molecular weight excluding hydrogens is 202 g/mol. The largest absolute Gasteiger partial charge is 0.478 e. The highest BCUT2D eigenvalue weighted by atomic mass is 19.1. The van der Waals surface area contributed by atoms with Crippen LogP contribution in [0.2, 0.25) is 0 Å². The van der Waals surface area contributed by atoms with Crippen molar-refractivity contribution in [3.05, 3.63) is 41.0 Å². The van der Waals surface area contributed by atoms with Gasteiger partial charge in [-0.25, -0.2) is 13.6 Å². The fourth-order valence-electron chi connectivity index (χ4n) is 1.84. The number of carboxylic acid groups (broad SMARTS) is 1. The van der Waals surface area contributed by atoms with Gasteiger partial charge in [0, 0.05) is 12.1 Å². The van der Waals surface area contributed by atoms with Gasteiger partial charge in [-0.15, -0.1) is 0 Å². The summed E-state index contributed by atoms with van der Waals surface area (Å²) in [4.78, 5) is 10.5. The van der Waals surface area contributed by atoms with E-state index in [0.29, 0.717) is 29.5 Å². The number of aliphatic carboxylic acids is 1. The molecule has 1 aliphatic carbocycles. The first-order chi connectivity index (χ1) is 7.08. The van der Waals surface area contributed by atoms with Crippen molar-refractivity contribution in [3.63, 3.8) is 0 Å². The maximum absolute atomic E-state index is 13.2. The van der Waals surface area contributed by atoms with Crippen molar-refractivity contribution in [1.29, 1.82) is 0 Å². The summed E-state index contributed by atoms with van der Waals surface area (Å²) in [5.41, 5.74) is 1.27. The molecule has 0 saturated heterocycles. The summed E-state index contributed by atoms with van der Waals surface area (Å²) in [6, 6.07) is 2.00. The monoisotopic (exact) mass is 210 g/mol. The number of hydrogen-bond acceptors (Lipinski definition) is 1. The molecule has 1 aromatic carbocycles. The van der Waals surface area contributed by atoms with E-state index in [1.807, 2.05) is 0 Å². The third-order valence-electron chi connectivity index (χ3n) is 2.45. The van der Waals surface area contributed by atoms with E-state index in [4.69, 9.17) is 5.11 Å². The van der Waals surface area contributed by atoms with Gasteiger partial charge >= 0.3 is 5.97 Å². The maximum Gasteiger partial charge on any atom is 0.328 e. The molecule has 0 unspecified atom stereocenters. The molecule has 78 valence electrons. The number of carboxylic acids is 1. The number of rotatable bonds is 1. The van der Waals surface area contributed by atoms with Gasteiger partial charge in [0.25, 0.3) is 0 Å². The second kappa shape index (κ2) is 3.46. The van der Waals surface area contributed by atoms with E-state index in [1.165, 1.54) is 6.07 Å². The fraction of sp³-hybridized carbons (Fsp3) is 0.182. The predicted molar refractivity (Wildman–Crippen MR) is 50.3 cm³/mol. The Morgan fingerprint density at radius 2 is 2.07 bits per heavy atom. The van der Waals surface area contributed by atoms with Crippen LogP contribution in [0.15, 0.2) is 18.2 Å². The van der Waals surface area contributed by atoms with E-state index in [0.717, 1.165) is 12.1 Å². The Hall–Kier alpha value is -1.71. The lowest BCUT2D eigenvalue weighted by atomic mass is 10.1. The van der Waals surface area contributed by atoms with Gasteiger partial charge in [0.2, 0.25) is 0 Å². The Morgan fingerprint density at radius 3 is 2.73 bits per heavy atom. The number of hydrogen-bond donors (Lipinski definition) is 1. The Morgan fingerprint density at radius 1 is 1.33 bits per heavy atom. The van der Waals surface area contributed by atoms with Gasteiger partial charge in [0.05, 0.1) is 0 Å². The summed E-state index contributed by atoms with van der Waals surface area (Å²) >= 11 is 0. The quantitative estimate of drug-likeness (QED) is 0.722. The molecule has 1 aliphatic rings. The first kappa shape index (κ1) is 9.83. The second-order valence-electron chi connectivity index (χ2n) is 3.42. The van der Waals surface area contributed by atoms with E-state index in [1.54, 1.807) is 0 Å². The minimum atomic E-state index is -1.09. The van der Waals surface area contributed by atoms with Crippen LogP contribution >= 0.6 is 0 Å². The van der Waals surface area contributed by atoms with Gasteiger partial charge < -0.3 is 5.11 Å². The zero-order valence-corrected chi connectivity index (χ0v) is 7.76. The average Bonchev–Trinajstić information content (AvgIpc) is 2.48. The minimum Gasteiger partial charge on any atom is -0.478 e. The van der Waals surface area contributed by atoms with Gasteiger partial charge in [0.15, 0.2) is 0 Å². The third-order valence-corrected chi connectivity index (χ3v) is 2.45. The summed E-state index contributed by atoms with van der Waals surface area (Å²) in [7, 11) is 0. The van der Waals surface area contributed by atoms with Crippen LogP contribution in [-0.4, -0.2) is 11.1 Å². The summed E-state index contributed by atoms with van der Waals surface area (Å²) < 4.78 is 26.2. The van der Waals surface area contributed by atoms with Crippen molar-refractivity contribution in [2.75, 3.05) is 0 Å². The highest BCUT2D eigenvalue weighted by Crippen LogP contribution is 2.34. The minimum absolute atomic E-state index is 0.384. The summed E-state index contributed by atoms with van der Waals surface area (Å²) in [6.07, 6.45) is 1.88. The Kier molecular flexibility index (Phi) is 2.26. The standard InChI is InChI=1S/C11H8F2O2/c12-7-4-9-6(3-11(14)15)1-2-8(9)10(13)5-7/h3-5H,1-2H2,(H,14,15)/b6-3+. The number of fused-ring (bicyclic) bond motifs is 1. The lowest BCUT2D eigenvalue weighted by molar-refractivity contribution is -0.131. The molecule has 0 aliphatic heterocycles. The Bertz CT molecular complexity index is 464.